The highest BCUT2D eigenvalue weighted by atomic mass is 32.2. The molecule has 0 bridgehead atoms. The lowest BCUT2D eigenvalue weighted by atomic mass is 10.2. The lowest BCUT2D eigenvalue weighted by molar-refractivity contribution is 0.414. The first-order chi connectivity index (χ1) is 8.70. The van der Waals surface area contributed by atoms with Crippen LogP contribution in [-0.4, -0.2) is 41.7 Å². The second-order valence-corrected chi connectivity index (χ2v) is 5.82. The smallest absolute Gasteiger partial charge is 0.173 e. The van der Waals surface area contributed by atoms with E-state index in [1.165, 1.54) is 0 Å². The first-order valence-electron chi connectivity index (χ1n) is 5.99. The molecule has 0 aliphatic carbocycles. The summed E-state index contributed by atoms with van der Waals surface area (Å²) in [7, 11) is 1.68. The number of ether oxygens (including phenoxy) is 1. The molecule has 5 heteroatoms. The van der Waals surface area contributed by atoms with Crippen molar-refractivity contribution in [2.45, 2.75) is 6.92 Å². The quantitative estimate of drug-likeness (QED) is 0.841. The van der Waals surface area contributed by atoms with Crippen LogP contribution in [0.2, 0.25) is 0 Å². The van der Waals surface area contributed by atoms with Gasteiger partial charge < -0.3 is 15.0 Å². The molecule has 98 valence electrons. The lowest BCUT2D eigenvalue weighted by Crippen LogP contribution is -2.40. The number of aryl methyl sites for hydroxylation is 1. The molecule has 0 radical (unpaired) electrons. The maximum Gasteiger partial charge on any atom is 0.173 e. The highest BCUT2D eigenvalue weighted by Crippen LogP contribution is 2.21. The molecule has 3 nitrogen and oxygen atoms in total. The van der Waals surface area contributed by atoms with Gasteiger partial charge in [-0.15, -0.1) is 0 Å². The van der Waals surface area contributed by atoms with Crippen LogP contribution in [0.3, 0.4) is 0 Å². The van der Waals surface area contributed by atoms with E-state index in [0.29, 0.717) is 0 Å². The largest absolute Gasteiger partial charge is 0.497 e. The predicted molar refractivity (Wildman–Crippen MR) is 82.8 cm³/mol. The fourth-order valence-electron chi connectivity index (χ4n) is 1.86. The van der Waals surface area contributed by atoms with Gasteiger partial charge in [-0.05, 0) is 42.9 Å². The first-order valence-corrected chi connectivity index (χ1v) is 7.55. The second kappa shape index (κ2) is 6.29. The maximum atomic E-state index is 5.45. The Morgan fingerprint density at radius 3 is 2.72 bits per heavy atom. The van der Waals surface area contributed by atoms with Crippen LogP contribution in [-0.2, 0) is 0 Å². The minimum absolute atomic E-state index is 0.823. The van der Waals surface area contributed by atoms with E-state index in [1.807, 2.05) is 30.0 Å². The Kier molecular flexibility index (Phi) is 4.72. The molecule has 1 aromatic rings. The summed E-state index contributed by atoms with van der Waals surface area (Å²) >= 11 is 7.44. The number of nitrogens with one attached hydrogen (secondary N) is 1. The molecule has 1 saturated heterocycles. The zero-order valence-corrected chi connectivity index (χ0v) is 12.4. The minimum atomic E-state index is 0.823. The SMILES string of the molecule is COc1ccc(NC(=S)N2CCSCC2)c(C)c1. The molecule has 1 fully saturated rings. The Morgan fingerprint density at radius 1 is 1.39 bits per heavy atom. The molecule has 1 aliphatic rings. The van der Waals surface area contributed by atoms with Gasteiger partial charge in [0.1, 0.15) is 5.75 Å². The molecule has 0 amide bonds. The van der Waals surface area contributed by atoms with E-state index in [4.69, 9.17) is 17.0 Å². The zero-order valence-electron chi connectivity index (χ0n) is 10.7. The van der Waals surface area contributed by atoms with Crippen LogP contribution in [0.15, 0.2) is 18.2 Å². The Bertz CT molecular complexity index is 431. The van der Waals surface area contributed by atoms with E-state index in [9.17, 15) is 0 Å². The monoisotopic (exact) mass is 282 g/mol. The molecule has 0 atom stereocenters. The Labute approximate surface area is 118 Å². The normalized spacial score (nSPS) is 15.3. The van der Waals surface area contributed by atoms with Gasteiger partial charge in [0.05, 0.1) is 7.11 Å². The van der Waals surface area contributed by atoms with Crippen molar-refractivity contribution in [3.8, 4) is 5.75 Å². The summed E-state index contributed by atoms with van der Waals surface area (Å²) < 4.78 is 5.20. The number of thioether (sulfide) groups is 1. The Balaban J connectivity index is 2.02. The molecular formula is C13H18N2OS2. The average Bonchev–Trinajstić information content (AvgIpc) is 2.42. The van der Waals surface area contributed by atoms with Crippen molar-refractivity contribution >= 4 is 34.8 Å². The summed E-state index contributed by atoms with van der Waals surface area (Å²) in [6, 6.07) is 5.97. The number of hydrogen-bond donors (Lipinski definition) is 1. The lowest BCUT2D eigenvalue weighted by Gasteiger charge is -2.29. The van der Waals surface area contributed by atoms with E-state index in [0.717, 1.165) is 46.7 Å². The van der Waals surface area contributed by atoms with Gasteiger partial charge in [-0.3, -0.25) is 0 Å². The van der Waals surface area contributed by atoms with Gasteiger partial charge in [0.15, 0.2) is 5.11 Å². The molecule has 0 spiro atoms. The molecule has 1 aliphatic heterocycles. The van der Waals surface area contributed by atoms with Crippen molar-refractivity contribution < 1.29 is 4.74 Å². The number of anilines is 1. The third kappa shape index (κ3) is 3.29. The molecular weight excluding hydrogens is 264 g/mol. The number of nitrogens with zero attached hydrogens (tertiary/aromatic N) is 1. The van der Waals surface area contributed by atoms with Crippen molar-refractivity contribution in [1.29, 1.82) is 0 Å². The summed E-state index contributed by atoms with van der Waals surface area (Å²) in [5.41, 5.74) is 2.20. The van der Waals surface area contributed by atoms with Gasteiger partial charge in [-0.2, -0.15) is 11.8 Å². The molecule has 0 saturated carbocycles. The Hall–Kier alpha value is -0.940. The highest BCUT2D eigenvalue weighted by molar-refractivity contribution is 7.99. The highest BCUT2D eigenvalue weighted by Gasteiger charge is 2.14. The average molecular weight is 282 g/mol. The third-order valence-corrected chi connectivity index (χ3v) is 4.28. The fraction of sp³-hybridized carbons (Fsp3) is 0.462. The van der Waals surface area contributed by atoms with Gasteiger partial charge in [0.25, 0.3) is 0 Å². The van der Waals surface area contributed by atoms with Crippen LogP contribution in [0.1, 0.15) is 5.56 Å². The van der Waals surface area contributed by atoms with Crippen molar-refractivity contribution in [2.24, 2.45) is 0 Å². The van der Waals surface area contributed by atoms with Gasteiger partial charge in [-0.1, -0.05) is 0 Å². The van der Waals surface area contributed by atoms with Crippen molar-refractivity contribution in [3.63, 3.8) is 0 Å². The summed E-state index contributed by atoms with van der Waals surface area (Å²) in [4.78, 5) is 2.23. The first kappa shape index (κ1) is 13.5. The maximum absolute atomic E-state index is 5.45. The number of hydrogen-bond acceptors (Lipinski definition) is 3. The molecule has 0 unspecified atom stereocenters. The molecule has 18 heavy (non-hydrogen) atoms. The molecule has 1 aromatic carbocycles. The standard InChI is InChI=1S/C13H18N2OS2/c1-10-9-11(16-2)3-4-12(10)14-13(17)15-5-7-18-8-6-15/h3-4,9H,5-8H2,1-2H3,(H,14,17). The van der Waals surface area contributed by atoms with Crippen LogP contribution >= 0.6 is 24.0 Å². The molecule has 0 aromatic heterocycles. The Morgan fingerprint density at radius 2 is 2.11 bits per heavy atom. The van der Waals surface area contributed by atoms with Crippen LogP contribution in [0.4, 0.5) is 5.69 Å². The van der Waals surface area contributed by atoms with Crippen LogP contribution in [0.5, 0.6) is 5.75 Å². The number of rotatable bonds is 2. The molecule has 1 N–H and O–H groups in total. The zero-order chi connectivity index (χ0) is 13.0. The van der Waals surface area contributed by atoms with Crippen molar-refractivity contribution in [3.05, 3.63) is 23.8 Å². The van der Waals surface area contributed by atoms with Gasteiger partial charge in [0, 0.05) is 30.3 Å². The topological polar surface area (TPSA) is 24.5 Å². The molecule has 1 heterocycles. The number of benzene rings is 1. The van der Waals surface area contributed by atoms with E-state index in [-0.39, 0.29) is 0 Å². The number of thiocarbonyl (C=S) groups is 1. The fourth-order valence-corrected chi connectivity index (χ4v) is 3.06. The van der Waals surface area contributed by atoms with E-state index in [2.05, 4.69) is 17.1 Å². The van der Waals surface area contributed by atoms with Crippen LogP contribution < -0.4 is 10.1 Å². The summed E-state index contributed by atoms with van der Waals surface area (Å²) in [6.07, 6.45) is 0. The predicted octanol–water partition coefficient (Wildman–Crippen LogP) is 2.75. The van der Waals surface area contributed by atoms with Crippen molar-refractivity contribution in [2.75, 3.05) is 37.0 Å². The van der Waals surface area contributed by atoms with E-state index in [1.54, 1.807) is 7.11 Å². The van der Waals surface area contributed by atoms with Crippen LogP contribution in [0, 0.1) is 6.92 Å². The summed E-state index contributed by atoms with van der Waals surface area (Å²) in [5, 5.41) is 4.15. The summed E-state index contributed by atoms with van der Waals surface area (Å²) in [6.45, 7) is 4.12. The van der Waals surface area contributed by atoms with Crippen LogP contribution in [0.25, 0.3) is 0 Å². The second-order valence-electron chi connectivity index (χ2n) is 4.21. The number of methoxy groups -OCH3 is 1. The summed E-state index contributed by atoms with van der Waals surface area (Å²) in [5.74, 6) is 3.19. The van der Waals surface area contributed by atoms with Gasteiger partial charge >= 0.3 is 0 Å². The van der Waals surface area contributed by atoms with Crippen molar-refractivity contribution in [1.82, 2.24) is 4.90 Å². The van der Waals surface area contributed by atoms with E-state index >= 15 is 0 Å². The third-order valence-electron chi connectivity index (χ3n) is 2.97. The van der Waals surface area contributed by atoms with E-state index < -0.39 is 0 Å². The molecule has 2 rings (SSSR count). The van der Waals surface area contributed by atoms with Gasteiger partial charge in [0.2, 0.25) is 0 Å². The van der Waals surface area contributed by atoms with Gasteiger partial charge in [-0.25, -0.2) is 0 Å². The minimum Gasteiger partial charge on any atom is -0.497 e.